The molecule has 0 radical (unpaired) electrons. The van der Waals surface area contributed by atoms with Gasteiger partial charge in [-0.2, -0.15) is 0 Å². The molecule has 1 N–H and O–H groups in total. The minimum absolute atomic E-state index is 0.0150. The minimum Gasteiger partial charge on any atom is -0.347 e. The smallest absolute Gasteiger partial charge is 0.221 e. The van der Waals surface area contributed by atoms with Gasteiger partial charge in [-0.25, -0.2) is 4.39 Å². The number of carbonyl (C=O) groups excluding carboxylic acids is 1. The lowest BCUT2D eigenvalue weighted by molar-refractivity contribution is -0.123. The quantitative estimate of drug-likeness (QED) is 0.885. The predicted molar refractivity (Wildman–Crippen MR) is 73.2 cm³/mol. The molecule has 2 rings (SSSR count). The molecule has 0 atom stereocenters. The first-order valence-corrected chi connectivity index (χ1v) is 6.77. The molecule has 1 aromatic carbocycles. The molecule has 0 saturated carbocycles. The van der Waals surface area contributed by atoms with E-state index in [-0.39, 0.29) is 11.7 Å². The summed E-state index contributed by atoms with van der Waals surface area (Å²) in [5.74, 6) is -0.262. The van der Waals surface area contributed by atoms with Gasteiger partial charge in [0.2, 0.25) is 5.91 Å². The minimum atomic E-state index is -0.547. The fraction of sp³-hybridized carbons (Fsp3) is 0.533. The summed E-state index contributed by atoms with van der Waals surface area (Å²) in [4.78, 5) is 14.2. The van der Waals surface area contributed by atoms with Gasteiger partial charge in [0.15, 0.2) is 0 Å². The summed E-state index contributed by atoms with van der Waals surface area (Å²) >= 11 is 0. The highest BCUT2D eigenvalue weighted by Crippen LogP contribution is 2.20. The van der Waals surface area contributed by atoms with Crippen molar-refractivity contribution in [1.29, 1.82) is 0 Å². The van der Waals surface area contributed by atoms with Gasteiger partial charge in [-0.15, -0.1) is 0 Å². The fourth-order valence-electron chi connectivity index (χ4n) is 2.23. The van der Waals surface area contributed by atoms with E-state index >= 15 is 0 Å². The van der Waals surface area contributed by atoms with E-state index in [1.165, 1.54) is 18.6 Å². The normalized spacial score (nSPS) is 15.9. The van der Waals surface area contributed by atoms with E-state index in [9.17, 15) is 9.18 Å². The van der Waals surface area contributed by atoms with Gasteiger partial charge in [0.25, 0.3) is 0 Å². The second-order valence-electron chi connectivity index (χ2n) is 5.63. The monoisotopic (exact) mass is 264 g/mol. The second kappa shape index (κ2) is 5.70. The molecular formula is C15H21FN2O. The Balaban J connectivity index is 1.90. The van der Waals surface area contributed by atoms with Crippen LogP contribution in [0.3, 0.4) is 0 Å². The highest BCUT2D eigenvalue weighted by Gasteiger charge is 2.23. The summed E-state index contributed by atoms with van der Waals surface area (Å²) in [6.45, 7) is 6.79. The third-order valence-electron chi connectivity index (χ3n) is 3.60. The average molecular weight is 264 g/mol. The number of hydrogen-bond acceptors (Lipinski definition) is 2. The number of benzene rings is 1. The number of rotatable bonds is 5. The second-order valence-corrected chi connectivity index (χ2v) is 5.63. The Morgan fingerprint density at radius 3 is 2.74 bits per heavy atom. The lowest BCUT2D eigenvalue weighted by atomic mass is 9.94. The Kier molecular flexibility index (Phi) is 4.20. The largest absolute Gasteiger partial charge is 0.347 e. The van der Waals surface area contributed by atoms with Gasteiger partial charge in [-0.3, -0.25) is 4.79 Å². The van der Waals surface area contributed by atoms with Crippen LogP contribution in [0.25, 0.3) is 0 Å². The first kappa shape index (κ1) is 14.0. The molecule has 0 aromatic heterocycles. The molecule has 1 amide bonds. The zero-order chi connectivity index (χ0) is 13.9. The van der Waals surface area contributed by atoms with Crippen molar-refractivity contribution < 1.29 is 9.18 Å². The summed E-state index contributed by atoms with van der Waals surface area (Å²) in [6, 6.07) is 6.37. The zero-order valence-electron chi connectivity index (χ0n) is 11.6. The van der Waals surface area contributed by atoms with Gasteiger partial charge in [0.05, 0.1) is 5.54 Å². The molecule has 0 spiro atoms. The van der Waals surface area contributed by atoms with Crippen molar-refractivity contribution >= 4 is 5.91 Å². The number of halogens is 1. The molecule has 0 aliphatic carbocycles. The molecule has 19 heavy (non-hydrogen) atoms. The third-order valence-corrected chi connectivity index (χ3v) is 3.60. The van der Waals surface area contributed by atoms with E-state index in [2.05, 4.69) is 10.2 Å². The molecule has 104 valence electrons. The van der Waals surface area contributed by atoms with Crippen molar-refractivity contribution in [2.75, 3.05) is 19.6 Å². The summed E-state index contributed by atoms with van der Waals surface area (Å²) in [5, 5.41) is 2.97. The maximum atomic E-state index is 13.2. The summed E-state index contributed by atoms with van der Waals surface area (Å²) in [5.41, 5.74) is 0.235. The van der Waals surface area contributed by atoms with Crippen LogP contribution in [0.4, 0.5) is 4.39 Å². The van der Waals surface area contributed by atoms with E-state index < -0.39 is 5.54 Å². The van der Waals surface area contributed by atoms with Crippen molar-refractivity contribution in [2.45, 2.75) is 32.2 Å². The van der Waals surface area contributed by atoms with Gasteiger partial charge < -0.3 is 10.2 Å². The Morgan fingerprint density at radius 2 is 2.16 bits per heavy atom. The molecular weight excluding hydrogens is 243 g/mol. The Labute approximate surface area is 113 Å². The molecule has 0 bridgehead atoms. The van der Waals surface area contributed by atoms with E-state index in [0.717, 1.165) is 25.2 Å². The van der Waals surface area contributed by atoms with Crippen LogP contribution in [-0.4, -0.2) is 30.4 Å². The van der Waals surface area contributed by atoms with E-state index in [1.807, 2.05) is 19.9 Å². The average Bonchev–Trinajstić information content (AvgIpc) is 2.26. The molecule has 1 aliphatic heterocycles. The van der Waals surface area contributed by atoms with Crippen LogP contribution in [0.1, 0.15) is 32.3 Å². The Morgan fingerprint density at radius 1 is 1.42 bits per heavy atom. The number of hydrogen-bond donors (Lipinski definition) is 1. The van der Waals surface area contributed by atoms with Crippen LogP contribution in [0, 0.1) is 5.82 Å². The van der Waals surface area contributed by atoms with Crippen molar-refractivity contribution in [3.8, 4) is 0 Å². The van der Waals surface area contributed by atoms with Crippen LogP contribution in [0.5, 0.6) is 0 Å². The summed E-state index contributed by atoms with van der Waals surface area (Å²) < 4.78 is 13.2. The molecule has 1 fully saturated rings. The molecule has 1 aromatic rings. The van der Waals surface area contributed by atoms with Crippen molar-refractivity contribution in [3.63, 3.8) is 0 Å². The number of carbonyl (C=O) groups is 1. The SMILES string of the molecule is CC(C)(NC(=O)CCN1CCC1)c1cccc(F)c1. The standard InChI is InChI=1S/C15H21FN2O/c1-15(2,12-5-3-6-13(16)11-12)17-14(19)7-10-18-8-4-9-18/h3,5-6,11H,4,7-10H2,1-2H3,(H,17,19). The molecule has 1 heterocycles. The van der Waals surface area contributed by atoms with E-state index in [4.69, 9.17) is 0 Å². The maximum absolute atomic E-state index is 13.2. The Hall–Kier alpha value is -1.42. The summed E-state index contributed by atoms with van der Waals surface area (Å²) in [6.07, 6.45) is 1.73. The zero-order valence-corrected chi connectivity index (χ0v) is 11.6. The molecule has 3 nitrogen and oxygen atoms in total. The summed E-state index contributed by atoms with van der Waals surface area (Å²) in [7, 11) is 0. The van der Waals surface area contributed by atoms with Crippen LogP contribution < -0.4 is 5.32 Å². The number of nitrogens with one attached hydrogen (secondary N) is 1. The van der Waals surface area contributed by atoms with E-state index in [1.54, 1.807) is 6.07 Å². The van der Waals surface area contributed by atoms with Gasteiger partial charge in [0.1, 0.15) is 5.82 Å². The fourth-order valence-corrected chi connectivity index (χ4v) is 2.23. The number of likely N-dealkylation sites (tertiary alicyclic amines) is 1. The lowest BCUT2D eigenvalue weighted by Gasteiger charge is -2.31. The molecule has 0 unspecified atom stereocenters. The number of amides is 1. The topological polar surface area (TPSA) is 32.3 Å². The molecule has 4 heteroatoms. The van der Waals surface area contributed by atoms with Crippen LogP contribution >= 0.6 is 0 Å². The first-order chi connectivity index (χ1) is 8.97. The molecule has 1 aliphatic rings. The predicted octanol–water partition coefficient (Wildman–Crippen LogP) is 2.27. The van der Waals surface area contributed by atoms with Gasteiger partial charge in [-0.1, -0.05) is 12.1 Å². The maximum Gasteiger partial charge on any atom is 0.221 e. The first-order valence-electron chi connectivity index (χ1n) is 6.77. The van der Waals surface area contributed by atoms with Crippen molar-refractivity contribution in [3.05, 3.63) is 35.6 Å². The van der Waals surface area contributed by atoms with E-state index in [0.29, 0.717) is 6.42 Å². The van der Waals surface area contributed by atoms with Crippen molar-refractivity contribution in [2.24, 2.45) is 0 Å². The van der Waals surface area contributed by atoms with Crippen LogP contribution in [0.2, 0.25) is 0 Å². The van der Waals surface area contributed by atoms with Crippen molar-refractivity contribution in [1.82, 2.24) is 10.2 Å². The Bertz CT molecular complexity index is 455. The van der Waals surface area contributed by atoms with Crippen LogP contribution in [-0.2, 0) is 10.3 Å². The van der Waals surface area contributed by atoms with Gasteiger partial charge in [0, 0.05) is 13.0 Å². The highest BCUT2D eigenvalue weighted by atomic mass is 19.1. The number of nitrogens with zero attached hydrogens (tertiary/aromatic N) is 1. The van der Waals surface area contributed by atoms with Gasteiger partial charge >= 0.3 is 0 Å². The molecule has 1 saturated heterocycles. The third kappa shape index (κ3) is 3.77. The highest BCUT2D eigenvalue weighted by molar-refractivity contribution is 5.77. The van der Waals surface area contributed by atoms with Gasteiger partial charge in [-0.05, 0) is 51.1 Å². The van der Waals surface area contributed by atoms with Crippen LogP contribution in [0.15, 0.2) is 24.3 Å². The lowest BCUT2D eigenvalue weighted by Crippen LogP contribution is -2.44.